The van der Waals surface area contributed by atoms with Gasteiger partial charge in [0.05, 0.1) is 12.3 Å². The van der Waals surface area contributed by atoms with E-state index in [1.807, 2.05) is 48.1 Å². The fraction of sp³-hybridized carbons (Fsp3) is 0.480. The number of piperidine rings is 1. The van der Waals surface area contributed by atoms with Crippen LogP contribution < -0.4 is 15.0 Å². The third-order valence-corrected chi connectivity index (χ3v) is 6.64. The Morgan fingerprint density at radius 3 is 2.91 bits per heavy atom. The monoisotopic (exact) mass is 433 g/mol. The van der Waals surface area contributed by atoms with E-state index in [1.54, 1.807) is 0 Å². The number of aryl methyl sites for hydroxylation is 2. The van der Waals surface area contributed by atoms with Crippen LogP contribution in [-0.4, -0.2) is 40.2 Å². The molecule has 3 heterocycles. The van der Waals surface area contributed by atoms with Gasteiger partial charge in [0.25, 0.3) is 0 Å². The topological polar surface area (TPSA) is 71.8 Å². The summed E-state index contributed by atoms with van der Waals surface area (Å²) in [4.78, 5) is 19.9. The van der Waals surface area contributed by atoms with Crippen LogP contribution in [0.25, 0.3) is 5.52 Å². The lowest BCUT2D eigenvalue weighted by Gasteiger charge is -2.32. The molecule has 0 atom stereocenters. The molecule has 1 saturated heterocycles. The van der Waals surface area contributed by atoms with Gasteiger partial charge < -0.3 is 15.0 Å². The summed E-state index contributed by atoms with van der Waals surface area (Å²) in [6.45, 7) is 4.81. The molecule has 0 bridgehead atoms. The molecule has 0 saturated carbocycles. The van der Waals surface area contributed by atoms with E-state index >= 15 is 0 Å². The Morgan fingerprint density at radius 2 is 2.06 bits per heavy atom. The number of benzene rings is 1. The summed E-state index contributed by atoms with van der Waals surface area (Å²) >= 11 is 0. The maximum absolute atomic E-state index is 12.8. The molecule has 0 unspecified atom stereocenters. The molecule has 7 nitrogen and oxygen atoms in total. The molecule has 1 aromatic carbocycles. The van der Waals surface area contributed by atoms with E-state index in [4.69, 9.17) is 14.8 Å². The van der Waals surface area contributed by atoms with Gasteiger partial charge >= 0.3 is 0 Å². The van der Waals surface area contributed by atoms with Gasteiger partial charge in [0.1, 0.15) is 11.3 Å². The number of carbonyl (C=O) groups is 1. The van der Waals surface area contributed by atoms with E-state index in [0.717, 1.165) is 55.9 Å². The van der Waals surface area contributed by atoms with E-state index in [9.17, 15) is 4.79 Å². The number of hydrogen-bond donors (Lipinski definition) is 1. The largest absolute Gasteiger partial charge is 0.494 e. The molecule has 0 radical (unpaired) electrons. The van der Waals surface area contributed by atoms with Crippen LogP contribution in [0.15, 0.2) is 36.7 Å². The molecule has 7 heteroatoms. The maximum Gasteiger partial charge on any atom is 0.223 e. The Kier molecular flexibility index (Phi) is 5.97. The van der Waals surface area contributed by atoms with Crippen LogP contribution in [0.2, 0.25) is 0 Å². The highest BCUT2D eigenvalue weighted by atomic mass is 16.5. The lowest BCUT2D eigenvalue weighted by Crippen LogP contribution is -2.40. The van der Waals surface area contributed by atoms with Crippen molar-refractivity contribution in [1.29, 1.82) is 0 Å². The van der Waals surface area contributed by atoms with Crippen molar-refractivity contribution in [3.8, 4) is 5.75 Å². The van der Waals surface area contributed by atoms with Gasteiger partial charge in [-0.25, -0.2) is 9.50 Å². The van der Waals surface area contributed by atoms with E-state index in [0.29, 0.717) is 13.2 Å². The molecule has 1 N–H and O–H groups in total. The first kappa shape index (κ1) is 20.8. The second-order valence-electron chi connectivity index (χ2n) is 8.74. The normalized spacial score (nSPS) is 16.7. The van der Waals surface area contributed by atoms with Crippen molar-refractivity contribution < 1.29 is 9.53 Å². The molecule has 1 aliphatic carbocycles. The zero-order valence-electron chi connectivity index (χ0n) is 18.7. The minimum absolute atomic E-state index is 0.0416. The van der Waals surface area contributed by atoms with Gasteiger partial charge in [0, 0.05) is 43.5 Å². The Bertz CT molecular complexity index is 1100. The van der Waals surface area contributed by atoms with E-state index < -0.39 is 0 Å². The van der Waals surface area contributed by atoms with Crippen molar-refractivity contribution in [3.63, 3.8) is 0 Å². The summed E-state index contributed by atoms with van der Waals surface area (Å²) in [5, 5.41) is 7.92. The number of nitrogens with one attached hydrogen (secondary N) is 1. The first-order valence-electron chi connectivity index (χ1n) is 11.8. The fourth-order valence-corrected chi connectivity index (χ4v) is 4.98. The van der Waals surface area contributed by atoms with Crippen LogP contribution in [0.4, 0.5) is 5.82 Å². The molecule has 1 aliphatic heterocycles. The number of amides is 1. The van der Waals surface area contributed by atoms with Crippen molar-refractivity contribution in [3.05, 3.63) is 53.5 Å². The summed E-state index contributed by atoms with van der Waals surface area (Å²) in [6, 6.07) is 7.92. The zero-order chi connectivity index (χ0) is 21.9. The van der Waals surface area contributed by atoms with Gasteiger partial charge in [-0.2, -0.15) is 5.10 Å². The van der Waals surface area contributed by atoms with Crippen LogP contribution in [0.5, 0.6) is 5.75 Å². The molecule has 1 amide bonds. The molecular formula is C25H31N5O2. The Morgan fingerprint density at radius 1 is 1.22 bits per heavy atom. The molecule has 2 aliphatic rings. The third-order valence-electron chi connectivity index (χ3n) is 6.64. The number of nitrogens with zero attached hydrogens (tertiary/aromatic N) is 4. The van der Waals surface area contributed by atoms with Gasteiger partial charge in [0.2, 0.25) is 5.91 Å². The van der Waals surface area contributed by atoms with Crippen LogP contribution in [-0.2, 0) is 24.2 Å². The highest BCUT2D eigenvalue weighted by molar-refractivity contribution is 5.79. The maximum atomic E-state index is 12.8. The van der Waals surface area contributed by atoms with Gasteiger partial charge in [-0.3, -0.25) is 4.79 Å². The first-order valence-corrected chi connectivity index (χ1v) is 11.8. The average Bonchev–Trinajstić information content (AvgIpc) is 3.22. The van der Waals surface area contributed by atoms with Crippen molar-refractivity contribution in [2.45, 2.75) is 52.0 Å². The minimum Gasteiger partial charge on any atom is -0.494 e. The Labute approximate surface area is 188 Å². The van der Waals surface area contributed by atoms with Crippen LogP contribution in [0, 0.1) is 5.92 Å². The molecule has 32 heavy (non-hydrogen) atoms. The number of rotatable bonds is 6. The van der Waals surface area contributed by atoms with Crippen molar-refractivity contribution >= 4 is 17.2 Å². The number of ether oxygens (including phenoxy) is 1. The summed E-state index contributed by atoms with van der Waals surface area (Å²) < 4.78 is 7.56. The van der Waals surface area contributed by atoms with Gasteiger partial charge in [0.15, 0.2) is 5.82 Å². The predicted molar refractivity (Wildman–Crippen MR) is 124 cm³/mol. The SMILES string of the molecule is CCOc1cccc(CNC(=O)C2CCN(c3nccn4nc5c(c34)CCCC5)CC2)c1. The highest BCUT2D eigenvalue weighted by Crippen LogP contribution is 2.32. The lowest BCUT2D eigenvalue weighted by atomic mass is 9.94. The van der Waals surface area contributed by atoms with Crippen LogP contribution >= 0.6 is 0 Å². The second-order valence-corrected chi connectivity index (χ2v) is 8.74. The Hall–Kier alpha value is -3.09. The molecule has 0 spiro atoms. The van der Waals surface area contributed by atoms with Crippen molar-refractivity contribution in [1.82, 2.24) is 19.9 Å². The van der Waals surface area contributed by atoms with Gasteiger partial charge in [-0.1, -0.05) is 12.1 Å². The summed E-state index contributed by atoms with van der Waals surface area (Å²) in [7, 11) is 0. The number of aromatic nitrogens is 3. The summed E-state index contributed by atoms with van der Waals surface area (Å²) in [5.74, 6) is 2.05. The van der Waals surface area contributed by atoms with E-state index in [-0.39, 0.29) is 11.8 Å². The standard InChI is InChI=1S/C25H31N5O2/c1-2-32-20-7-5-6-18(16-20)17-27-25(31)19-10-13-29(14-11-19)24-23-21-8-3-4-9-22(21)28-30(23)15-12-26-24/h5-7,12,15-16,19H,2-4,8-11,13-14,17H2,1H3,(H,27,31). The van der Waals surface area contributed by atoms with Gasteiger partial charge in [-0.15, -0.1) is 0 Å². The van der Waals surface area contributed by atoms with E-state index in [2.05, 4.69) is 10.2 Å². The first-order chi connectivity index (χ1) is 15.7. The quantitative estimate of drug-likeness (QED) is 0.644. The molecule has 5 rings (SSSR count). The lowest BCUT2D eigenvalue weighted by molar-refractivity contribution is -0.125. The summed E-state index contributed by atoms with van der Waals surface area (Å²) in [5.41, 5.74) is 4.82. The predicted octanol–water partition coefficient (Wildman–Crippen LogP) is 3.54. The third kappa shape index (κ3) is 4.16. The smallest absolute Gasteiger partial charge is 0.223 e. The molecular weight excluding hydrogens is 402 g/mol. The average molecular weight is 434 g/mol. The molecule has 1 fully saturated rings. The van der Waals surface area contributed by atoms with Gasteiger partial charge in [-0.05, 0) is 63.1 Å². The molecule has 3 aromatic rings. The van der Waals surface area contributed by atoms with E-state index in [1.165, 1.54) is 29.6 Å². The van der Waals surface area contributed by atoms with Crippen molar-refractivity contribution in [2.24, 2.45) is 5.92 Å². The molecule has 2 aromatic heterocycles. The van der Waals surface area contributed by atoms with Crippen LogP contribution in [0.1, 0.15) is 49.4 Å². The summed E-state index contributed by atoms with van der Waals surface area (Å²) in [6.07, 6.45) is 10.1. The fourth-order valence-electron chi connectivity index (χ4n) is 4.98. The van der Waals surface area contributed by atoms with Crippen molar-refractivity contribution in [2.75, 3.05) is 24.6 Å². The zero-order valence-corrected chi connectivity index (χ0v) is 18.7. The second kappa shape index (κ2) is 9.18. The number of fused-ring (bicyclic) bond motifs is 3. The number of anilines is 1. The minimum atomic E-state index is 0.0416. The Balaban J connectivity index is 1.21. The van der Waals surface area contributed by atoms with Crippen LogP contribution in [0.3, 0.4) is 0 Å². The highest BCUT2D eigenvalue weighted by Gasteiger charge is 2.28. The molecule has 168 valence electrons. The number of hydrogen-bond acceptors (Lipinski definition) is 5. The number of carbonyl (C=O) groups excluding carboxylic acids is 1.